The smallest absolute Gasteiger partial charge is 0.220 e. The molecule has 2 aliphatic rings. The minimum absolute atomic E-state index is 0.259. The molecule has 2 atom stereocenters. The first-order valence-electron chi connectivity index (χ1n) is 9.20. The molecule has 0 aliphatic carbocycles. The molecule has 2 rings (SSSR count). The maximum absolute atomic E-state index is 12.0. The predicted octanol–water partition coefficient (Wildman–Crippen LogP) is 2.20. The summed E-state index contributed by atoms with van der Waals surface area (Å²) in [4.78, 5) is 16.9. The van der Waals surface area contributed by atoms with Crippen molar-refractivity contribution in [2.45, 2.75) is 46.0 Å². The molecule has 0 aromatic heterocycles. The average Bonchev–Trinajstić information content (AvgIpc) is 2.45. The van der Waals surface area contributed by atoms with Gasteiger partial charge in [-0.2, -0.15) is 0 Å². The van der Waals surface area contributed by atoms with Gasteiger partial charge >= 0.3 is 0 Å². The van der Waals surface area contributed by atoms with Crippen molar-refractivity contribution in [1.82, 2.24) is 15.1 Å². The number of nitrogens with one attached hydrogen (secondary N) is 1. The zero-order valence-corrected chi connectivity index (χ0v) is 14.8. The van der Waals surface area contributed by atoms with Crippen molar-refractivity contribution in [3.63, 3.8) is 0 Å². The molecule has 4 nitrogen and oxygen atoms in total. The fraction of sp³-hybridized carbons (Fsp3) is 0.944. The molecule has 0 aromatic rings. The van der Waals surface area contributed by atoms with Gasteiger partial charge in [-0.25, -0.2) is 0 Å². The molecule has 0 radical (unpaired) electrons. The van der Waals surface area contributed by atoms with Crippen LogP contribution in [-0.2, 0) is 4.79 Å². The Morgan fingerprint density at radius 1 is 1.14 bits per heavy atom. The number of nitrogens with zero attached hydrogens (tertiary/aromatic N) is 2. The normalized spacial score (nSPS) is 28.7. The van der Waals surface area contributed by atoms with Gasteiger partial charge in [0.2, 0.25) is 5.91 Å². The van der Waals surface area contributed by atoms with Crippen LogP contribution >= 0.6 is 0 Å². The standard InChI is InChI=1S/C18H35N3O/c1-15-11-16(2)14-21(13-15)8-4-7-19-18(22)12-17-5-9-20(3)10-6-17/h15-17H,4-14H2,1-3H3,(H,19,22)/t15-,16-/m0/s1. The van der Waals surface area contributed by atoms with Gasteiger partial charge in [-0.1, -0.05) is 13.8 Å². The van der Waals surface area contributed by atoms with Crippen LogP contribution in [0.3, 0.4) is 0 Å². The molecule has 1 amide bonds. The maximum Gasteiger partial charge on any atom is 0.220 e. The molecule has 0 spiro atoms. The van der Waals surface area contributed by atoms with E-state index in [1.54, 1.807) is 0 Å². The summed E-state index contributed by atoms with van der Waals surface area (Å²) >= 11 is 0. The molecule has 2 saturated heterocycles. The van der Waals surface area contributed by atoms with E-state index in [0.717, 1.165) is 50.9 Å². The van der Waals surface area contributed by atoms with Crippen molar-refractivity contribution >= 4 is 5.91 Å². The van der Waals surface area contributed by atoms with Crippen molar-refractivity contribution in [3.8, 4) is 0 Å². The summed E-state index contributed by atoms with van der Waals surface area (Å²) in [6, 6.07) is 0. The lowest BCUT2D eigenvalue weighted by Gasteiger charge is -2.35. The van der Waals surface area contributed by atoms with E-state index in [-0.39, 0.29) is 5.91 Å². The van der Waals surface area contributed by atoms with Gasteiger partial charge in [-0.05, 0) is 70.1 Å². The summed E-state index contributed by atoms with van der Waals surface area (Å²) in [6.07, 6.45) is 5.52. The Morgan fingerprint density at radius 2 is 1.77 bits per heavy atom. The number of carbonyl (C=O) groups excluding carboxylic acids is 1. The highest BCUT2D eigenvalue weighted by Gasteiger charge is 2.21. The highest BCUT2D eigenvalue weighted by atomic mass is 16.1. The zero-order valence-electron chi connectivity index (χ0n) is 14.8. The summed E-state index contributed by atoms with van der Waals surface area (Å²) in [6.45, 7) is 11.4. The van der Waals surface area contributed by atoms with E-state index >= 15 is 0 Å². The highest BCUT2D eigenvalue weighted by Crippen LogP contribution is 2.21. The summed E-state index contributed by atoms with van der Waals surface area (Å²) in [5.41, 5.74) is 0. The Hall–Kier alpha value is -0.610. The van der Waals surface area contributed by atoms with Crippen LogP contribution in [0.2, 0.25) is 0 Å². The van der Waals surface area contributed by atoms with Crippen LogP contribution in [-0.4, -0.2) is 62.0 Å². The predicted molar refractivity (Wildman–Crippen MR) is 91.8 cm³/mol. The van der Waals surface area contributed by atoms with E-state index < -0.39 is 0 Å². The molecule has 0 saturated carbocycles. The van der Waals surface area contributed by atoms with Crippen molar-refractivity contribution in [2.75, 3.05) is 46.3 Å². The van der Waals surface area contributed by atoms with E-state index in [4.69, 9.17) is 0 Å². The summed E-state index contributed by atoms with van der Waals surface area (Å²) in [7, 11) is 2.17. The molecule has 128 valence electrons. The van der Waals surface area contributed by atoms with Gasteiger partial charge in [0.05, 0.1) is 0 Å². The summed E-state index contributed by atoms with van der Waals surface area (Å²) in [5, 5.41) is 3.12. The molecule has 0 bridgehead atoms. The van der Waals surface area contributed by atoms with Gasteiger partial charge in [-0.15, -0.1) is 0 Å². The largest absolute Gasteiger partial charge is 0.356 e. The van der Waals surface area contributed by atoms with Crippen LogP contribution in [0.15, 0.2) is 0 Å². The molecule has 22 heavy (non-hydrogen) atoms. The third-order valence-electron chi connectivity index (χ3n) is 5.23. The van der Waals surface area contributed by atoms with Gasteiger partial charge in [-0.3, -0.25) is 4.79 Å². The van der Waals surface area contributed by atoms with E-state index in [9.17, 15) is 4.79 Å². The molecule has 1 N–H and O–H groups in total. The lowest BCUT2D eigenvalue weighted by atomic mass is 9.92. The number of rotatable bonds is 6. The fourth-order valence-corrected chi connectivity index (χ4v) is 4.11. The SMILES string of the molecule is C[C@H]1C[C@H](C)CN(CCCNC(=O)CC2CCN(C)CC2)C1. The molecule has 0 unspecified atom stereocenters. The van der Waals surface area contributed by atoms with Gasteiger partial charge in [0.1, 0.15) is 0 Å². The maximum atomic E-state index is 12.0. The molecular weight excluding hydrogens is 274 g/mol. The first-order valence-corrected chi connectivity index (χ1v) is 9.20. The summed E-state index contributed by atoms with van der Waals surface area (Å²) in [5.74, 6) is 2.50. The topological polar surface area (TPSA) is 35.6 Å². The number of piperidine rings is 2. The third-order valence-corrected chi connectivity index (χ3v) is 5.23. The fourth-order valence-electron chi connectivity index (χ4n) is 4.11. The second kappa shape index (κ2) is 8.88. The van der Waals surface area contributed by atoms with Gasteiger partial charge in [0.25, 0.3) is 0 Å². The molecule has 2 fully saturated rings. The quantitative estimate of drug-likeness (QED) is 0.764. The minimum atomic E-state index is 0.259. The van der Waals surface area contributed by atoms with Crippen LogP contribution in [0.5, 0.6) is 0 Å². The Labute approximate surface area is 136 Å². The second-order valence-electron chi connectivity index (χ2n) is 7.86. The third kappa shape index (κ3) is 6.25. The first-order chi connectivity index (χ1) is 10.5. The first kappa shape index (κ1) is 17.7. The van der Waals surface area contributed by atoms with Gasteiger partial charge in [0.15, 0.2) is 0 Å². The van der Waals surface area contributed by atoms with Gasteiger partial charge < -0.3 is 15.1 Å². The molecule has 2 aliphatic heterocycles. The van der Waals surface area contributed by atoms with Crippen molar-refractivity contribution in [2.24, 2.45) is 17.8 Å². The van der Waals surface area contributed by atoms with E-state index in [1.165, 1.54) is 32.4 Å². The second-order valence-corrected chi connectivity index (χ2v) is 7.86. The van der Waals surface area contributed by atoms with E-state index in [2.05, 4.69) is 36.0 Å². The molecule has 0 aromatic carbocycles. The minimum Gasteiger partial charge on any atom is -0.356 e. The molecular formula is C18H35N3O. The Kier molecular flexibility index (Phi) is 7.16. The highest BCUT2D eigenvalue weighted by molar-refractivity contribution is 5.76. The van der Waals surface area contributed by atoms with Crippen LogP contribution < -0.4 is 5.32 Å². The number of carbonyl (C=O) groups is 1. The van der Waals surface area contributed by atoms with Crippen LogP contribution in [0.1, 0.15) is 46.0 Å². The van der Waals surface area contributed by atoms with Crippen molar-refractivity contribution in [1.29, 1.82) is 0 Å². The van der Waals surface area contributed by atoms with E-state index in [0.29, 0.717) is 5.92 Å². The number of amides is 1. The molecule has 2 heterocycles. The van der Waals surface area contributed by atoms with Crippen LogP contribution in [0.4, 0.5) is 0 Å². The van der Waals surface area contributed by atoms with Crippen LogP contribution in [0.25, 0.3) is 0 Å². The number of hydrogen-bond acceptors (Lipinski definition) is 3. The van der Waals surface area contributed by atoms with Crippen LogP contribution in [0, 0.1) is 17.8 Å². The molecule has 4 heteroatoms. The average molecular weight is 309 g/mol. The lowest BCUT2D eigenvalue weighted by Crippen LogP contribution is -2.40. The number of likely N-dealkylation sites (tertiary alicyclic amines) is 2. The Balaban J connectivity index is 1.53. The van der Waals surface area contributed by atoms with Crippen molar-refractivity contribution in [3.05, 3.63) is 0 Å². The van der Waals surface area contributed by atoms with Gasteiger partial charge in [0, 0.05) is 26.1 Å². The zero-order chi connectivity index (χ0) is 15.9. The summed E-state index contributed by atoms with van der Waals surface area (Å²) < 4.78 is 0. The lowest BCUT2D eigenvalue weighted by molar-refractivity contribution is -0.122. The van der Waals surface area contributed by atoms with Crippen molar-refractivity contribution < 1.29 is 4.79 Å². The number of hydrogen-bond donors (Lipinski definition) is 1. The van der Waals surface area contributed by atoms with E-state index in [1.807, 2.05) is 0 Å². The Morgan fingerprint density at radius 3 is 2.41 bits per heavy atom. The Bertz CT molecular complexity index is 329. The monoisotopic (exact) mass is 309 g/mol.